The van der Waals surface area contributed by atoms with Gasteiger partial charge in [0, 0.05) is 32.7 Å². The van der Waals surface area contributed by atoms with Gasteiger partial charge in [-0.15, -0.1) is 0 Å². The Balaban J connectivity index is 0.00000193. The van der Waals surface area contributed by atoms with Crippen molar-refractivity contribution in [1.29, 1.82) is 0 Å². The van der Waals surface area contributed by atoms with E-state index in [2.05, 4.69) is 19.9 Å². The molecule has 1 fully saturated rings. The van der Waals surface area contributed by atoms with Crippen LogP contribution < -0.4 is 10.2 Å². The summed E-state index contributed by atoms with van der Waals surface area (Å²) in [4.78, 5) is 29.4. The number of rotatable bonds is 4. The third kappa shape index (κ3) is 4.01. The van der Waals surface area contributed by atoms with Gasteiger partial charge in [0.05, 0.1) is 11.2 Å². The molecule has 0 saturated carbocycles. The van der Waals surface area contributed by atoms with Crippen LogP contribution in [0.1, 0.15) is 22.6 Å². The monoisotopic (exact) mass is 460 g/mol. The molecule has 7 nitrogen and oxygen atoms in total. The van der Waals surface area contributed by atoms with Gasteiger partial charge >= 0.3 is 6.18 Å². The van der Waals surface area contributed by atoms with Gasteiger partial charge in [0.25, 0.3) is 0 Å². The average Bonchev–Trinajstić information content (AvgIpc) is 3.30. The highest BCUT2D eigenvalue weighted by molar-refractivity contribution is 6.31. The third-order valence-electron chi connectivity index (χ3n) is 5.30. The molecule has 3 aromatic heterocycles. The Labute approximate surface area is 181 Å². The zero-order valence-electron chi connectivity index (χ0n) is 16.2. The number of halogens is 5. The first-order chi connectivity index (χ1) is 14.6. The zero-order valence-corrected chi connectivity index (χ0v) is 17.0. The Bertz CT molecular complexity index is 1160. The van der Waals surface area contributed by atoms with Crippen LogP contribution in [-0.2, 0) is 4.79 Å². The maximum atomic E-state index is 14.7. The summed E-state index contributed by atoms with van der Waals surface area (Å²) in [7, 11) is 0. The van der Waals surface area contributed by atoms with Crippen molar-refractivity contribution >= 4 is 34.4 Å². The molecular weight excluding hydrogens is 440 g/mol. The molecule has 1 unspecified atom stereocenters. The number of fused-ring (bicyclic) bond motifs is 1. The first-order valence-electron chi connectivity index (χ1n) is 9.37. The minimum atomic E-state index is -4.55. The van der Waals surface area contributed by atoms with Gasteiger partial charge in [0.15, 0.2) is 17.5 Å². The minimum Gasteiger partial charge on any atom is -0.345 e. The van der Waals surface area contributed by atoms with Crippen molar-refractivity contribution in [2.45, 2.75) is 31.5 Å². The van der Waals surface area contributed by atoms with E-state index in [-0.39, 0.29) is 27.5 Å². The van der Waals surface area contributed by atoms with E-state index in [0.29, 0.717) is 28.0 Å². The number of anilines is 1. The van der Waals surface area contributed by atoms with E-state index in [0.717, 1.165) is 6.20 Å². The van der Waals surface area contributed by atoms with Crippen molar-refractivity contribution in [3.05, 3.63) is 35.5 Å². The average molecular weight is 461 g/mol. The molecule has 0 bridgehead atoms. The van der Waals surface area contributed by atoms with Crippen molar-refractivity contribution < 1.29 is 25.2 Å². The van der Waals surface area contributed by atoms with Gasteiger partial charge < -0.3 is 15.2 Å². The lowest BCUT2D eigenvalue weighted by Gasteiger charge is -2.35. The summed E-state index contributed by atoms with van der Waals surface area (Å²) in [5.41, 5.74) is -0.330. The van der Waals surface area contributed by atoms with Gasteiger partial charge in [-0.2, -0.15) is 13.2 Å². The van der Waals surface area contributed by atoms with Crippen LogP contribution in [0.2, 0.25) is 5.02 Å². The van der Waals surface area contributed by atoms with Crippen molar-refractivity contribution in [2.24, 2.45) is 0 Å². The fourth-order valence-corrected chi connectivity index (χ4v) is 3.91. The van der Waals surface area contributed by atoms with Crippen molar-refractivity contribution in [3.63, 3.8) is 0 Å². The molecule has 1 saturated heterocycles. The van der Waals surface area contributed by atoms with Gasteiger partial charge in [-0.25, -0.2) is 19.3 Å². The number of hydrogen-bond acceptors (Lipinski definition) is 5. The van der Waals surface area contributed by atoms with E-state index >= 15 is 0 Å². The van der Waals surface area contributed by atoms with Crippen LogP contribution in [0.3, 0.4) is 0 Å². The lowest BCUT2D eigenvalue weighted by molar-refractivity contribution is -0.141. The summed E-state index contributed by atoms with van der Waals surface area (Å²) in [6, 6.07) is 1.66. The molecule has 168 valence electrons. The molecular formula is C19H21ClF4N6O. The van der Waals surface area contributed by atoms with E-state index in [9.17, 15) is 22.4 Å². The number of carbonyl (C=O) groups is 1. The zero-order chi connectivity index (χ0) is 22.4. The van der Waals surface area contributed by atoms with E-state index in [1.807, 2.05) is 5.32 Å². The standard InChI is InChI=1S/C19H17ClF4N6O.2H2/c1-18(17(31)28-9-19(22,23)24)3-2-4-30(18)16-13(21)8-27-15(29-16)12-7-26-14-11(12)5-10(20)6-25-14;;/h5-8H,2-4,9H2,1H3,(H,25,26)(H,28,31);2*1H. The SMILES string of the molecule is CC1(C(=O)NCC(F)(F)F)CCCN1c1nc(-c2c[nH]c3ncc(Cl)cc23)ncc1F.[HH].[HH]. The van der Waals surface area contributed by atoms with E-state index < -0.39 is 30.0 Å². The molecule has 1 atom stereocenters. The predicted molar refractivity (Wildman–Crippen MR) is 110 cm³/mol. The molecule has 1 aliphatic rings. The molecule has 2 N–H and O–H groups in total. The molecule has 4 rings (SSSR count). The molecule has 12 heteroatoms. The lowest BCUT2D eigenvalue weighted by atomic mass is 9.97. The quantitative estimate of drug-likeness (QED) is 0.565. The second-order valence-corrected chi connectivity index (χ2v) is 7.88. The second kappa shape index (κ2) is 7.63. The van der Waals surface area contributed by atoms with Crippen LogP contribution >= 0.6 is 11.6 Å². The highest BCUT2D eigenvalue weighted by atomic mass is 35.5. The Hall–Kier alpha value is -2.95. The molecule has 1 amide bonds. The number of aromatic amines is 1. The van der Waals surface area contributed by atoms with Crippen LogP contribution in [-0.4, -0.2) is 50.6 Å². The maximum Gasteiger partial charge on any atom is 0.405 e. The number of pyridine rings is 1. The fourth-order valence-electron chi connectivity index (χ4n) is 3.75. The first kappa shape index (κ1) is 21.3. The topological polar surface area (TPSA) is 86.8 Å². The van der Waals surface area contributed by atoms with Gasteiger partial charge in [0.1, 0.15) is 17.7 Å². The van der Waals surface area contributed by atoms with E-state index in [4.69, 9.17) is 11.6 Å². The Morgan fingerprint density at radius 1 is 1.39 bits per heavy atom. The molecule has 1 aliphatic heterocycles. The van der Waals surface area contributed by atoms with Crippen LogP contribution in [0.25, 0.3) is 22.4 Å². The van der Waals surface area contributed by atoms with Crippen molar-refractivity contribution in [3.8, 4) is 11.4 Å². The van der Waals surface area contributed by atoms with Crippen LogP contribution in [0, 0.1) is 5.82 Å². The summed E-state index contributed by atoms with van der Waals surface area (Å²) >= 11 is 6.02. The minimum absolute atomic E-state index is 0. The molecule has 0 spiro atoms. The summed E-state index contributed by atoms with van der Waals surface area (Å²) in [6.07, 6.45) is 0.234. The van der Waals surface area contributed by atoms with Crippen LogP contribution in [0.4, 0.5) is 23.4 Å². The second-order valence-electron chi connectivity index (χ2n) is 7.44. The normalized spacial score (nSPS) is 19.2. The first-order valence-corrected chi connectivity index (χ1v) is 9.74. The summed E-state index contributed by atoms with van der Waals surface area (Å²) < 4.78 is 52.4. The molecule has 3 aromatic rings. The van der Waals surface area contributed by atoms with Gasteiger partial charge in [-0.3, -0.25) is 4.79 Å². The Morgan fingerprint density at radius 3 is 2.90 bits per heavy atom. The molecule has 0 aromatic carbocycles. The number of nitrogens with zero attached hydrogens (tertiary/aromatic N) is 4. The number of alkyl halides is 3. The number of hydrogen-bond donors (Lipinski definition) is 2. The van der Waals surface area contributed by atoms with Crippen molar-refractivity contribution in [1.82, 2.24) is 25.3 Å². The molecule has 4 heterocycles. The highest BCUT2D eigenvalue weighted by Gasteiger charge is 2.46. The number of carbonyl (C=O) groups excluding carboxylic acids is 1. The third-order valence-corrected chi connectivity index (χ3v) is 5.51. The van der Waals surface area contributed by atoms with Gasteiger partial charge in [-0.05, 0) is 25.8 Å². The Morgan fingerprint density at radius 2 is 2.16 bits per heavy atom. The molecule has 0 aliphatic carbocycles. The van der Waals surface area contributed by atoms with Crippen LogP contribution in [0.15, 0.2) is 24.7 Å². The fraction of sp³-hybridized carbons (Fsp3) is 0.368. The van der Waals surface area contributed by atoms with E-state index in [1.165, 1.54) is 18.0 Å². The summed E-state index contributed by atoms with van der Waals surface area (Å²) in [5.74, 6) is -1.62. The maximum absolute atomic E-state index is 14.7. The van der Waals surface area contributed by atoms with Crippen molar-refractivity contribution in [2.75, 3.05) is 18.0 Å². The van der Waals surface area contributed by atoms with E-state index in [1.54, 1.807) is 12.3 Å². The lowest BCUT2D eigenvalue weighted by Crippen LogP contribution is -2.55. The molecule has 0 radical (unpaired) electrons. The number of H-pyrrole nitrogens is 1. The van der Waals surface area contributed by atoms with Crippen LogP contribution in [0.5, 0.6) is 0 Å². The number of aromatic nitrogens is 4. The van der Waals surface area contributed by atoms with Gasteiger partial charge in [-0.1, -0.05) is 11.6 Å². The largest absolute Gasteiger partial charge is 0.405 e. The number of nitrogens with one attached hydrogen (secondary N) is 2. The number of amides is 1. The molecule has 31 heavy (non-hydrogen) atoms. The summed E-state index contributed by atoms with van der Waals surface area (Å²) in [6.45, 7) is 0.267. The smallest absolute Gasteiger partial charge is 0.345 e. The highest BCUT2D eigenvalue weighted by Crippen LogP contribution is 2.36. The summed E-state index contributed by atoms with van der Waals surface area (Å²) in [5, 5.41) is 2.91. The Kier molecular flexibility index (Phi) is 5.24. The predicted octanol–water partition coefficient (Wildman–Crippen LogP) is 4.34. The van der Waals surface area contributed by atoms with Gasteiger partial charge in [0.2, 0.25) is 5.91 Å².